The van der Waals surface area contributed by atoms with Crippen LogP contribution in [-0.2, 0) is 22.4 Å². The third-order valence-electron chi connectivity index (χ3n) is 2.78. The Hall–Kier alpha value is -1.37. The molecule has 20 heavy (non-hydrogen) atoms. The Labute approximate surface area is 123 Å². The molecule has 0 radical (unpaired) electrons. The molecule has 0 bridgehead atoms. The predicted molar refractivity (Wildman–Crippen MR) is 75.8 cm³/mol. The average Bonchev–Trinajstić information content (AvgIpc) is 2.95. The lowest BCUT2D eigenvalue weighted by molar-refractivity contribution is 0.374. The van der Waals surface area contributed by atoms with Crippen LogP contribution >= 0.6 is 11.6 Å². The van der Waals surface area contributed by atoms with Gasteiger partial charge in [0.2, 0.25) is 5.09 Å². The molecule has 0 unspecified atom stereocenters. The van der Waals surface area contributed by atoms with Crippen LogP contribution in [0.25, 0.3) is 0 Å². The molecule has 0 aliphatic carbocycles. The van der Waals surface area contributed by atoms with Crippen molar-refractivity contribution in [3.8, 4) is 0 Å². The van der Waals surface area contributed by atoms with Gasteiger partial charge in [-0.2, -0.15) is 4.31 Å². The Morgan fingerprint density at radius 2 is 2.10 bits per heavy atom. The summed E-state index contributed by atoms with van der Waals surface area (Å²) in [7, 11) is -3.67. The predicted octanol–water partition coefficient (Wildman–Crippen LogP) is 2.62. The number of hydrogen-bond donors (Lipinski definition) is 0. The minimum Gasteiger partial charge on any atom is -0.447 e. The summed E-state index contributed by atoms with van der Waals surface area (Å²) < 4.78 is 31.5. The first-order valence-electron chi connectivity index (χ1n) is 6.12. The number of furan rings is 1. The number of halogens is 1. The van der Waals surface area contributed by atoms with Crippen molar-refractivity contribution >= 4 is 21.6 Å². The van der Waals surface area contributed by atoms with Crippen LogP contribution < -0.4 is 0 Å². The van der Waals surface area contributed by atoms with Crippen LogP contribution in [0.3, 0.4) is 0 Å². The summed E-state index contributed by atoms with van der Waals surface area (Å²) in [5.41, 5.74) is 0.682. The van der Waals surface area contributed by atoms with Crippen molar-refractivity contribution in [2.75, 3.05) is 6.54 Å². The second-order valence-electron chi connectivity index (χ2n) is 4.11. The third-order valence-corrected chi connectivity index (χ3v) is 4.84. The molecular formula is C13H15ClN2O3S. The van der Waals surface area contributed by atoms with Crippen LogP contribution in [0, 0.1) is 0 Å². The highest BCUT2D eigenvalue weighted by molar-refractivity contribution is 7.89. The Balaban J connectivity index is 2.25. The quantitative estimate of drug-likeness (QED) is 0.769. The zero-order chi connectivity index (χ0) is 14.6. The van der Waals surface area contributed by atoms with Crippen LogP contribution in [0.5, 0.6) is 0 Å². The number of alkyl halides is 1. The van der Waals surface area contributed by atoms with Gasteiger partial charge in [0.05, 0.1) is 18.1 Å². The van der Waals surface area contributed by atoms with Crippen molar-refractivity contribution in [1.82, 2.24) is 9.29 Å². The van der Waals surface area contributed by atoms with Gasteiger partial charge in [-0.05, 0) is 24.3 Å². The molecule has 0 spiro atoms. The summed E-state index contributed by atoms with van der Waals surface area (Å²) in [4.78, 5) is 4.14. The first kappa shape index (κ1) is 15.0. The molecule has 0 aliphatic rings. The minimum absolute atomic E-state index is 0.0917. The molecule has 0 amide bonds. The number of rotatable bonds is 6. The van der Waals surface area contributed by atoms with E-state index in [-0.39, 0.29) is 17.5 Å². The van der Waals surface area contributed by atoms with E-state index in [1.54, 1.807) is 31.3 Å². The second-order valence-corrected chi connectivity index (χ2v) is 6.24. The van der Waals surface area contributed by atoms with Crippen LogP contribution in [0.4, 0.5) is 0 Å². The highest BCUT2D eigenvalue weighted by atomic mass is 35.5. The molecule has 0 saturated heterocycles. The van der Waals surface area contributed by atoms with E-state index in [2.05, 4.69) is 4.98 Å². The Bertz CT molecular complexity index is 655. The average molecular weight is 315 g/mol. The third kappa shape index (κ3) is 3.20. The summed E-state index contributed by atoms with van der Waals surface area (Å²) in [6.07, 6.45) is 1.63. The standard InChI is InChI=1S/C13H15ClN2O3S/c1-2-16(10-11-5-3-4-8-15-11)20(17,18)13-7-6-12(9-14)19-13/h3-8H,2,9-10H2,1H3. The van der Waals surface area contributed by atoms with E-state index in [1.807, 2.05) is 6.07 Å². The minimum atomic E-state index is -3.67. The normalized spacial score (nSPS) is 11.9. The van der Waals surface area contributed by atoms with Gasteiger partial charge >= 0.3 is 0 Å². The maximum Gasteiger partial charge on any atom is 0.276 e. The van der Waals surface area contributed by atoms with Crippen molar-refractivity contribution in [3.05, 3.63) is 48.0 Å². The fourth-order valence-corrected chi connectivity index (χ4v) is 3.23. The Morgan fingerprint density at radius 1 is 1.30 bits per heavy atom. The zero-order valence-electron chi connectivity index (χ0n) is 11.0. The SMILES string of the molecule is CCN(Cc1ccccn1)S(=O)(=O)c1ccc(CCl)o1. The molecule has 0 saturated carbocycles. The molecule has 0 fully saturated rings. The van der Waals surface area contributed by atoms with Gasteiger partial charge in [0.15, 0.2) is 0 Å². The molecule has 2 aromatic rings. The van der Waals surface area contributed by atoms with Crippen molar-refractivity contribution in [2.24, 2.45) is 0 Å². The van der Waals surface area contributed by atoms with Gasteiger partial charge in [0.25, 0.3) is 10.0 Å². The monoisotopic (exact) mass is 314 g/mol. The van der Waals surface area contributed by atoms with Crippen LogP contribution in [0.1, 0.15) is 18.4 Å². The highest BCUT2D eigenvalue weighted by Gasteiger charge is 2.26. The highest BCUT2D eigenvalue weighted by Crippen LogP contribution is 2.21. The molecule has 2 aromatic heterocycles. The number of pyridine rings is 1. The summed E-state index contributed by atoms with van der Waals surface area (Å²) in [5, 5.41) is -0.0917. The van der Waals surface area contributed by atoms with Crippen molar-refractivity contribution in [3.63, 3.8) is 0 Å². The molecule has 2 heterocycles. The molecular weight excluding hydrogens is 300 g/mol. The van der Waals surface area contributed by atoms with Gasteiger partial charge in [0.1, 0.15) is 5.76 Å². The van der Waals surface area contributed by atoms with Gasteiger partial charge in [-0.25, -0.2) is 8.42 Å². The smallest absolute Gasteiger partial charge is 0.276 e. The molecule has 5 nitrogen and oxygen atoms in total. The molecule has 7 heteroatoms. The molecule has 0 atom stereocenters. The molecule has 0 N–H and O–H groups in total. The number of hydrogen-bond acceptors (Lipinski definition) is 4. The Morgan fingerprint density at radius 3 is 2.65 bits per heavy atom. The van der Waals surface area contributed by atoms with E-state index >= 15 is 0 Å². The van der Waals surface area contributed by atoms with E-state index in [4.69, 9.17) is 16.0 Å². The maximum absolute atomic E-state index is 12.5. The summed E-state index contributed by atoms with van der Waals surface area (Å²) in [5.74, 6) is 0.571. The van der Waals surface area contributed by atoms with E-state index in [1.165, 1.54) is 10.4 Å². The fraction of sp³-hybridized carbons (Fsp3) is 0.308. The lowest BCUT2D eigenvalue weighted by Gasteiger charge is -2.18. The number of nitrogens with zero attached hydrogens (tertiary/aromatic N) is 2. The number of aromatic nitrogens is 1. The van der Waals surface area contributed by atoms with E-state index in [9.17, 15) is 8.42 Å². The van der Waals surface area contributed by atoms with E-state index in [0.29, 0.717) is 18.0 Å². The van der Waals surface area contributed by atoms with Gasteiger partial charge < -0.3 is 4.42 Å². The molecule has 0 aliphatic heterocycles. The van der Waals surface area contributed by atoms with Crippen molar-refractivity contribution in [1.29, 1.82) is 0 Å². The first-order chi connectivity index (χ1) is 9.57. The van der Waals surface area contributed by atoms with Gasteiger partial charge in [-0.3, -0.25) is 4.98 Å². The molecule has 0 aromatic carbocycles. The van der Waals surface area contributed by atoms with Gasteiger partial charge in [0, 0.05) is 12.7 Å². The fourth-order valence-electron chi connectivity index (χ4n) is 1.74. The van der Waals surface area contributed by atoms with Crippen LogP contribution in [-0.4, -0.2) is 24.3 Å². The van der Waals surface area contributed by atoms with Crippen molar-refractivity contribution < 1.29 is 12.8 Å². The topological polar surface area (TPSA) is 63.4 Å². The van der Waals surface area contributed by atoms with Crippen LogP contribution in [0.15, 0.2) is 46.0 Å². The largest absolute Gasteiger partial charge is 0.447 e. The van der Waals surface area contributed by atoms with Gasteiger partial charge in [-0.15, -0.1) is 11.6 Å². The lowest BCUT2D eigenvalue weighted by atomic mass is 10.3. The van der Waals surface area contributed by atoms with E-state index in [0.717, 1.165) is 0 Å². The zero-order valence-corrected chi connectivity index (χ0v) is 12.6. The van der Waals surface area contributed by atoms with Crippen molar-refractivity contribution in [2.45, 2.75) is 24.4 Å². The molecule has 2 rings (SSSR count). The maximum atomic E-state index is 12.5. The summed E-state index contributed by atoms with van der Waals surface area (Å²) >= 11 is 5.62. The summed E-state index contributed by atoms with van der Waals surface area (Å²) in [6.45, 7) is 2.30. The Kier molecular flexibility index (Phi) is 4.80. The second kappa shape index (κ2) is 6.39. The molecule has 108 valence electrons. The lowest BCUT2D eigenvalue weighted by Crippen LogP contribution is -2.30. The summed E-state index contributed by atoms with van der Waals surface area (Å²) in [6, 6.07) is 8.38. The number of sulfonamides is 1. The van der Waals surface area contributed by atoms with Crippen LogP contribution in [0.2, 0.25) is 0 Å². The van der Waals surface area contributed by atoms with E-state index < -0.39 is 10.0 Å². The van der Waals surface area contributed by atoms with Gasteiger partial charge in [-0.1, -0.05) is 13.0 Å². The first-order valence-corrected chi connectivity index (χ1v) is 8.10.